The van der Waals surface area contributed by atoms with Gasteiger partial charge in [-0.2, -0.15) is 0 Å². The molecule has 1 fully saturated rings. The predicted octanol–water partition coefficient (Wildman–Crippen LogP) is 2.79. The van der Waals surface area contributed by atoms with E-state index in [9.17, 15) is 4.39 Å². The van der Waals surface area contributed by atoms with Gasteiger partial charge in [-0.3, -0.25) is 4.99 Å². The fourth-order valence-electron chi connectivity index (χ4n) is 3.50. The molecular weight excluding hydrogens is 514 g/mol. The summed E-state index contributed by atoms with van der Waals surface area (Å²) in [4.78, 5) is 6.24. The number of anilines is 1. The number of rotatable bonds is 5. The Bertz CT molecular complexity index is 893. The SMILES string of the molecule is CN=C(NCc1ccc(N2CCOCC2)c(F)c1)NCC1COc2ccccc2O1.I. The van der Waals surface area contributed by atoms with Gasteiger partial charge < -0.3 is 29.7 Å². The summed E-state index contributed by atoms with van der Waals surface area (Å²) in [7, 11) is 1.70. The summed E-state index contributed by atoms with van der Waals surface area (Å²) in [6, 6.07) is 13.0. The Hall–Kier alpha value is -2.27. The van der Waals surface area contributed by atoms with Crippen LogP contribution in [0, 0.1) is 5.82 Å². The summed E-state index contributed by atoms with van der Waals surface area (Å²) < 4.78 is 31.6. The summed E-state index contributed by atoms with van der Waals surface area (Å²) in [5.41, 5.74) is 1.47. The van der Waals surface area contributed by atoms with Crippen molar-refractivity contribution in [3.63, 3.8) is 0 Å². The van der Waals surface area contributed by atoms with Crippen molar-refractivity contribution >= 4 is 35.6 Å². The van der Waals surface area contributed by atoms with E-state index >= 15 is 0 Å². The average molecular weight is 542 g/mol. The topological polar surface area (TPSA) is 67.4 Å². The lowest BCUT2D eigenvalue weighted by Crippen LogP contribution is -2.45. The lowest BCUT2D eigenvalue weighted by molar-refractivity contribution is 0.0936. The Kier molecular flexibility index (Phi) is 8.59. The number of halogens is 2. The number of benzene rings is 2. The van der Waals surface area contributed by atoms with E-state index in [4.69, 9.17) is 14.2 Å². The van der Waals surface area contributed by atoms with Gasteiger partial charge in [0.25, 0.3) is 0 Å². The zero-order valence-corrected chi connectivity index (χ0v) is 19.8. The molecular formula is C22H28FIN4O3. The highest BCUT2D eigenvalue weighted by Gasteiger charge is 2.20. The number of morpholine rings is 1. The molecule has 0 spiro atoms. The van der Waals surface area contributed by atoms with Crippen LogP contribution in [0.15, 0.2) is 47.5 Å². The van der Waals surface area contributed by atoms with Gasteiger partial charge in [0.2, 0.25) is 0 Å². The van der Waals surface area contributed by atoms with Crippen molar-refractivity contribution in [3.8, 4) is 11.5 Å². The monoisotopic (exact) mass is 542 g/mol. The van der Waals surface area contributed by atoms with Gasteiger partial charge in [-0.1, -0.05) is 18.2 Å². The summed E-state index contributed by atoms with van der Waals surface area (Å²) in [6.45, 7) is 4.15. The summed E-state index contributed by atoms with van der Waals surface area (Å²) in [5.74, 6) is 1.91. The molecule has 0 amide bonds. The fraction of sp³-hybridized carbons (Fsp3) is 0.409. The number of fused-ring (bicyclic) bond motifs is 1. The molecule has 2 aliphatic heterocycles. The highest BCUT2D eigenvalue weighted by molar-refractivity contribution is 14.0. The van der Waals surface area contributed by atoms with Gasteiger partial charge in [-0.15, -0.1) is 24.0 Å². The molecule has 4 rings (SSSR count). The van der Waals surface area contributed by atoms with Gasteiger partial charge in [0, 0.05) is 26.7 Å². The van der Waals surface area contributed by atoms with E-state index in [0.29, 0.717) is 57.6 Å². The smallest absolute Gasteiger partial charge is 0.191 e. The minimum absolute atomic E-state index is 0. The van der Waals surface area contributed by atoms with Crippen LogP contribution in [0.4, 0.5) is 10.1 Å². The van der Waals surface area contributed by atoms with Crippen LogP contribution >= 0.6 is 24.0 Å². The van der Waals surface area contributed by atoms with Crippen molar-refractivity contribution < 1.29 is 18.6 Å². The number of para-hydroxylation sites is 2. The number of hydrogen-bond acceptors (Lipinski definition) is 5. The van der Waals surface area contributed by atoms with E-state index < -0.39 is 0 Å². The van der Waals surface area contributed by atoms with Gasteiger partial charge in [0.05, 0.1) is 25.4 Å². The lowest BCUT2D eigenvalue weighted by atomic mass is 10.1. The average Bonchev–Trinajstić information content (AvgIpc) is 2.79. The van der Waals surface area contributed by atoms with Crippen molar-refractivity contribution in [3.05, 3.63) is 53.8 Å². The second-order valence-corrected chi connectivity index (χ2v) is 7.19. The van der Waals surface area contributed by atoms with Gasteiger partial charge in [-0.05, 0) is 29.8 Å². The molecule has 2 aromatic rings. The molecule has 2 heterocycles. The first kappa shape index (κ1) is 23.4. The molecule has 168 valence electrons. The molecule has 1 saturated heterocycles. The van der Waals surface area contributed by atoms with Gasteiger partial charge in [0.15, 0.2) is 17.5 Å². The minimum atomic E-state index is -0.217. The van der Waals surface area contributed by atoms with E-state index in [1.807, 2.05) is 41.3 Å². The van der Waals surface area contributed by atoms with E-state index in [0.717, 1.165) is 17.1 Å². The van der Waals surface area contributed by atoms with E-state index in [1.165, 1.54) is 0 Å². The second kappa shape index (κ2) is 11.4. The second-order valence-electron chi connectivity index (χ2n) is 7.19. The summed E-state index contributed by atoms with van der Waals surface area (Å²) >= 11 is 0. The lowest BCUT2D eigenvalue weighted by Gasteiger charge is -2.29. The zero-order chi connectivity index (χ0) is 20.8. The van der Waals surface area contributed by atoms with Crippen LogP contribution in [-0.4, -0.2) is 58.6 Å². The van der Waals surface area contributed by atoms with Crippen LogP contribution in [0.25, 0.3) is 0 Å². The van der Waals surface area contributed by atoms with Gasteiger partial charge in [-0.25, -0.2) is 4.39 Å². The predicted molar refractivity (Wildman–Crippen MR) is 129 cm³/mol. The van der Waals surface area contributed by atoms with Crippen LogP contribution in [0.2, 0.25) is 0 Å². The molecule has 7 nitrogen and oxygen atoms in total. The zero-order valence-electron chi connectivity index (χ0n) is 17.5. The summed E-state index contributed by atoms with van der Waals surface area (Å²) in [5, 5.41) is 6.45. The van der Waals surface area contributed by atoms with Crippen molar-refractivity contribution in [2.24, 2.45) is 4.99 Å². The number of aliphatic imine (C=N–C) groups is 1. The Morgan fingerprint density at radius 1 is 1.13 bits per heavy atom. The van der Waals surface area contributed by atoms with Gasteiger partial charge >= 0.3 is 0 Å². The van der Waals surface area contributed by atoms with Crippen molar-refractivity contribution in [1.82, 2.24) is 10.6 Å². The third kappa shape index (κ3) is 6.13. The first-order valence-corrected chi connectivity index (χ1v) is 10.2. The molecule has 2 aromatic carbocycles. The third-order valence-electron chi connectivity index (χ3n) is 5.11. The van der Waals surface area contributed by atoms with Crippen LogP contribution in [0.5, 0.6) is 11.5 Å². The molecule has 0 aromatic heterocycles. The Morgan fingerprint density at radius 3 is 2.65 bits per heavy atom. The number of nitrogens with zero attached hydrogens (tertiary/aromatic N) is 2. The Balaban J connectivity index is 0.00000272. The quantitative estimate of drug-likeness (QED) is 0.344. The highest BCUT2D eigenvalue weighted by atomic mass is 127. The molecule has 2 N–H and O–H groups in total. The number of nitrogens with one attached hydrogen (secondary N) is 2. The summed E-state index contributed by atoms with van der Waals surface area (Å²) in [6.07, 6.45) is -0.122. The van der Waals surface area contributed by atoms with Crippen LogP contribution in [0.1, 0.15) is 5.56 Å². The molecule has 1 unspecified atom stereocenters. The maximum absolute atomic E-state index is 14.6. The maximum atomic E-state index is 14.6. The molecule has 0 saturated carbocycles. The molecule has 0 aliphatic carbocycles. The highest BCUT2D eigenvalue weighted by Crippen LogP contribution is 2.30. The van der Waals surface area contributed by atoms with Gasteiger partial charge in [0.1, 0.15) is 18.5 Å². The fourth-order valence-corrected chi connectivity index (χ4v) is 3.50. The first-order valence-electron chi connectivity index (χ1n) is 10.2. The first-order chi connectivity index (χ1) is 14.7. The Labute approximate surface area is 199 Å². The molecule has 0 bridgehead atoms. The van der Waals surface area contributed by atoms with E-state index in [2.05, 4.69) is 15.6 Å². The third-order valence-corrected chi connectivity index (χ3v) is 5.11. The normalized spacial score (nSPS) is 18.2. The van der Waals surface area contributed by atoms with Crippen LogP contribution < -0.4 is 25.0 Å². The molecule has 9 heteroatoms. The maximum Gasteiger partial charge on any atom is 0.191 e. The van der Waals surface area contributed by atoms with E-state index in [1.54, 1.807) is 13.1 Å². The number of hydrogen-bond donors (Lipinski definition) is 2. The molecule has 2 aliphatic rings. The van der Waals surface area contributed by atoms with Crippen LogP contribution in [0.3, 0.4) is 0 Å². The van der Waals surface area contributed by atoms with Crippen molar-refractivity contribution in [1.29, 1.82) is 0 Å². The molecule has 1 atom stereocenters. The number of ether oxygens (including phenoxy) is 3. The standard InChI is InChI=1S/C22H27FN4O3.HI/c1-24-22(26-14-17-15-29-20-4-2-3-5-21(20)30-17)25-13-16-6-7-19(18(23)12-16)27-8-10-28-11-9-27;/h2-7,12,17H,8-11,13-15H2,1H3,(H2,24,25,26);1H. The Morgan fingerprint density at radius 2 is 1.90 bits per heavy atom. The largest absolute Gasteiger partial charge is 0.486 e. The molecule has 31 heavy (non-hydrogen) atoms. The number of guanidine groups is 1. The van der Waals surface area contributed by atoms with Crippen molar-refractivity contribution in [2.45, 2.75) is 12.6 Å². The van der Waals surface area contributed by atoms with Crippen LogP contribution in [-0.2, 0) is 11.3 Å². The molecule has 0 radical (unpaired) electrons. The minimum Gasteiger partial charge on any atom is -0.486 e. The van der Waals surface area contributed by atoms with E-state index in [-0.39, 0.29) is 35.9 Å². The van der Waals surface area contributed by atoms with Crippen molar-refractivity contribution in [2.75, 3.05) is 51.4 Å².